The molecule has 3 rings (SSSR count). The van der Waals surface area contributed by atoms with Gasteiger partial charge in [0.15, 0.2) is 0 Å². The largest absolute Gasteiger partial charge is 0.497 e. The highest BCUT2D eigenvalue weighted by atomic mass is 19.1. The summed E-state index contributed by atoms with van der Waals surface area (Å²) in [5.74, 6) is 0.725. The smallest absolute Gasteiger partial charge is 0.306 e. The van der Waals surface area contributed by atoms with Crippen LogP contribution in [0.5, 0.6) is 11.5 Å². The number of halogens is 1. The summed E-state index contributed by atoms with van der Waals surface area (Å²) in [5, 5.41) is 0. The van der Waals surface area contributed by atoms with Crippen LogP contribution in [0.1, 0.15) is 63.6 Å². The molecule has 0 saturated carbocycles. The van der Waals surface area contributed by atoms with Crippen LogP contribution < -0.4 is 9.47 Å². The number of hydrogen-bond donors (Lipinski definition) is 0. The topological polar surface area (TPSA) is 44.8 Å². The number of carbonyl (C=O) groups is 1. The fourth-order valence-corrected chi connectivity index (χ4v) is 4.31. The third-order valence-corrected chi connectivity index (χ3v) is 6.22. The first-order valence-corrected chi connectivity index (χ1v) is 12.4. The molecule has 0 saturated heterocycles. The number of benzene rings is 3. The molecule has 0 amide bonds. The van der Waals surface area contributed by atoms with Gasteiger partial charge in [-0.15, -0.1) is 0 Å². The monoisotopic (exact) mass is 504 g/mol. The van der Waals surface area contributed by atoms with Crippen molar-refractivity contribution in [3.8, 4) is 22.6 Å². The van der Waals surface area contributed by atoms with Crippen molar-refractivity contribution in [1.29, 1.82) is 0 Å². The molecule has 3 aromatic rings. The van der Waals surface area contributed by atoms with Crippen molar-refractivity contribution < 1.29 is 23.4 Å². The molecule has 0 radical (unpaired) electrons. The van der Waals surface area contributed by atoms with E-state index in [1.807, 2.05) is 56.3 Å². The number of rotatable bonds is 9. The minimum Gasteiger partial charge on any atom is -0.497 e. The summed E-state index contributed by atoms with van der Waals surface area (Å²) in [6.45, 7) is 10.7. The Labute approximate surface area is 220 Å². The molecule has 0 bridgehead atoms. The second kappa shape index (κ2) is 12.1. The van der Waals surface area contributed by atoms with Gasteiger partial charge in [-0.3, -0.25) is 4.79 Å². The fraction of sp³-hybridized carbons (Fsp3) is 0.344. The zero-order chi connectivity index (χ0) is 27.2. The maximum absolute atomic E-state index is 14.9. The van der Waals surface area contributed by atoms with Gasteiger partial charge < -0.3 is 14.2 Å². The maximum atomic E-state index is 14.9. The predicted octanol–water partition coefficient (Wildman–Crippen LogP) is 7.99. The summed E-state index contributed by atoms with van der Waals surface area (Å²) in [7, 11) is 2.98. The summed E-state index contributed by atoms with van der Waals surface area (Å²) >= 11 is 0. The van der Waals surface area contributed by atoms with Crippen molar-refractivity contribution in [3.05, 3.63) is 94.8 Å². The first-order valence-electron chi connectivity index (χ1n) is 12.4. The number of allylic oxidation sites excluding steroid dienone is 2. The molecule has 0 aromatic heterocycles. The Morgan fingerprint density at radius 1 is 0.919 bits per heavy atom. The molecule has 37 heavy (non-hydrogen) atoms. The zero-order valence-corrected chi connectivity index (χ0v) is 22.9. The van der Waals surface area contributed by atoms with Crippen LogP contribution in [0.4, 0.5) is 4.39 Å². The van der Waals surface area contributed by atoms with Gasteiger partial charge >= 0.3 is 5.97 Å². The Morgan fingerprint density at radius 3 is 2.19 bits per heavy atom. The van der Waals surface area contributed by atoms with Crippen LogP contribution >= 0.6 is 0 Å². The van der Waals surface area contributed by atoms with E-state index in [1.54, 1.807) is 19.2 Å². The molecule has 0 heterocycles. The summed E-state index contributed by atoms with van der Waals surface area (Å²) in [6, 6.07) is 18.6. The first kappa shape index (κ1) is 28.0. The van der Waals surface area contributed by atoms with Crippen LogP contribution in [0.3, 0.4) is 0 Å². The zero-order valence-electron chi connectivity index (χ0n) is 22.9. The van der Waals surface area contributed by atoms with Gasteiger partial charge in [0.05, 0.1) is 20.6 Å². The Balaban J connectivity index is 1.85. The van der Waals surface area contributed by atoms with Gasteiger partial charge in [0.25, 0.3) is 0 Å². The Morgan fingerprint density at radius 2 is 1.59 bits per heavy atom. The molecule has 1 atom stereocenters. The van der Waals surface area contributed by atoms with Crippen LogP contribution in [0, 0.1) is 5.82 Å². The van der Waals surface area contributed by atoms with Gasteiger partial charge in [-0.05, 0) is 77.9 Å². The minimum atomic E-state index is -0.294. The van der Waals surface area contributed by atoms with Crippen molar-refractivity contribution in [2.45, 2.75) is 59.0 Å². The quantitative estimate of drug-likeness (QED) is 0.219. The van der Waals surface area contributed by atoms with E-state index in [0.717, 1.165) is 27.8 Å². The van der Waals surface area contributed by atoms with Crippen molar-refractivity contribution in [1.82, 2.24) is 0 Å². The van der Waals surface area contributed by atoms with Crippen LogP contribution in [0.25, 0.3) is 11.1 Å². The summed E-state index contributed by atoms with van der Waals surface area (Å²) in [4.78, 5) is 11.9. The molecule has 4 nitrogen and oxygen atoms in total. The van der Waals surface area contributed by atoms with E-state index in [2.05, 4.69) is 26.8 Å². The fourth-order valence-electron chi connectivity index (χ4n) is 4.31. The van der Waals surface area contributed by atoms with Crippen molar-refractivity contribution in [3.63, 3.8) is 0 Å². The Hall–Kier alpha value is -3.60. The highest BCUT2D eigenvalue weighted by Gasteiger charge is 2.21. The van der Waals surface area contributed by atoms with Crippen molar-refractivity contribution in [2.75, 3.05) is 14.2 Å². The molecular formula is C32H37FO4. The molecule has 196 valence electrons. The van der Waals surface area contributed by atoms with E-state index in [4.69, 9.17) is 14.2 Å². The van der Waals surface area contributed by atoms with Gasteiger partial charge in [-0.25, -0.2) is 4.39 Å². The number of ether oxygens (including phenoxy) is 3. The van der Waals surface area contributed by atoms with E-state index in [-0.39, 0.29) is 29.5 Å². The molecule has 0 N–H and O–H groups in total. The van der Waals surface area contributed by atoms with Crippen LogP contribution in [-0.4, -0.2) is 20.2 Å². The second-order valence-electron chi connectivity index (χ2n) is 10.5. The van der Waals surface area contributed by atoms with E-state index < -0.39 is 0 Å². The van der Waals surface area contributed by atoms with Gasteiger partial charge in [-0.2, -0.15) is 0 Å². The molecule has 1 unspecified atom stereocenters. The lowest BCUT2D eigenvalue weighted by molar-refractivity contribution is -0.140. The van der Waals surface area contributed by atoms with Gasteiger partial charge in [0.2, 0.25) is 0 Å². The average Bonchev–Trinajstić information content (AvgIpc) is 2.86. The van der Waals surface area contributed by atoms with E-state index in [1.165, 1.54) is 13.2 Å². The maximum Gasteiger partial charge on any atom is 0.306 e. The lowest BCUT2D eigenvalue weighted by Crippen LogP contribution is -2.13. The number of esters is 1. The second-order valence-corrected chi connectivity index (χ2v) is 10.5. The molecule has 0 aliphatic heterocycles. The highest BCUT2D eigenvalue weighted by molar-refractivity contribution is 5.72. The Kier molecular flexibility index (Phi) is 9.14. The minimum absolute atomic E-state index is 0.0586. The molecule has 3 aromatic carbocycles. The number of methoxy groups -OCH3 is 2. The molecule has 0 aliphatic rings. The van der Waals surface area contributed by atoms with Crippen LogP contribution in [-0.2, 0) is 21.6 Å². The highest BCUT2D eigenvalue weighted by Crippen LogP contribution is 2.37. The summed E-state index contributed by atoms with van der Waals surface area (Å²) < 4.78 is 31.2. The third-order valence-electron chi connectivity index (χ3n) is 6.22. The number of hydrogen-bond acceptors (Lipinski definition) is 4. The van der Waals surface area contributed by atoms with Crippen molar-refractivity contribution in [2.24, 2.45) is 0 Å². The van der Waals surface area contributed by atoms with E-state index in [0.29, 0.717) is 23.7 Å². The van der Waals surface area contributed by atoms with E-state index in [9.17, 15) is 9.18 Å². The first-order chi connectivity index (χ1) is 17.5. The van der Waals surface area contributed by atoms with Crippen molar-refractivity contribution >= 4 is 5.97 Å². The molecule has 5 heteroatoms. The van der Waals surface area contributed by atoms with Crippen LogP contribution in [0.2, 0.25) is 0 Å². The van der Waals surface area contributed by atoms with Crippen LogP contribution in [0.15, 0.2) is 72.3 Å². The third kappa shape index (κ3) is 7.45. The normalized spacial score (nSPS) is 12.0. The standard InChI is InChI=1S/C32H37FO4/c1-21(2)16-24(18-31(34)36-7)23-9-11-25(12-10-23)37-20-22-8-14-29(32(3,4)5)27(17-22)28-19-26(35-6)13-15-30(28)33/h8-17,19,24H,18,20H2,1-7H3. The predicted molar refractivity (Wildman–Crippen MR) is 147 cm³/mol. The van der Waals surface area contributed by atoms with E-state index >= 15 is 0 Å². The lowest BCUT2D eigenvalue weighted by Gasteiger charge is -2.24. The lowest BCUT2D eigenvalue weighted by atomic mass is 9.81. The molecule has 0 fully saturated rings. The number of carbonyl (C=O) groups excluding carboxylic acids is 1. The SMILES string of the molecule is COC(=O)CC(C=C(C)C)c1ccc(OCc2ccc(C(C)(C)C)c(-c3cc(OC)ccc3F)c2)cc1. The molecule has 0 spiro atoms. The Bertz CT molecular complexity index is 1250. The molecular weight excluding hydrogens is 467 g/mol. The average molecular weight is 505 g/mol. The van der Waals surface area contributed by atoms with Gasteiger partial charge in [0, 0.05) is 11.5 Å². The molecule has 0 aliphatic carbocycles. The van der Waals surface area contributed by atoms with Gasteiger partial charge in [-0.1, -0.05) is 56.7 Å². The summed E-state index contributed by atoms with van der Waals surface area (Å²) in [6.07, 6.45) is 2.36. The summed E-state index contributed by atoms with van der Waals surface area (Å²) in [5.41, 5.74) is 5.29. The van der Waals surface area contributed by atoms with Gasteiger partial charge in [0.1, 0.15) is 23.9 Å².